The third-order valence-corrected chi connectivity index (χ3v) is 5.25. The molecule has 0 unspecified atom stereocenters. The van der Waals surface area contributed by atoms with Crippen LogP contribution in [-0.2, 0) is 5.41 Å². The van der Waals surface area contributed by atoms with E-state index in [9.17, 15) is 4.79 Å². The molecule has 7 nitrogen and oxygen atoms in total. The van der Waals surface area contributed by atoms with Gasteiger partial charge in [0, 0.05) is 24.3 Å². The second kappa shape index (κ2) is 8.65. The Labute approximate surface area is 177 Å². The first-order valence-electron chi connectivity index (χ1n) is 10.2. The average molecular weight is 407 g/mol. The number of rotatable bonds is 6. The summed E-state index contributed by atoms with van der Waals surface area (Å²) in [5.74, 6) is 1.25. The smallest absolute Gasteiger partial charge is 0.251 e. The number of carbonyl (C=O) groups excluding carboxylic acids is 1. The van der Waals surface area contributed by atoms with E-state index in [-0.39, 0.29) is 11.3 Å². The zero-order valence-corrected chi connectivity index (χ0v) is 18.6. The van der Waals surface area contributed by atoms with Gasteiger partial charge >= 0.3 is 0 Å². The van der Waals surface area contributed by atoms with Gasteiger partial charge in [0.1, 0.15) is 5.82 Å². The Kier molecular flexibility index (Phi) is 6.20. The Hall–Kier alpha value is -3.22. The first kappa shape index (κ1) is 21.5. The standard InChI is InChI=1S/C23H30N6O/c1-15-16(2)28-29(17(15)3)21-12-11-20(26-27-21)24-13-14-25-22(30)18-7-9-19(10-8-18)23(4,5)6/h7-12H,13-14H2,1-6H3,(H,24,26)(H,25,30). The molecule has 1 amide bonds. The van der Waals surface area contributed by atoms with E-state index >= 15 is 0 Å². The van der Waals surface area contributed by atoms with Crippen molar-refractivity contribution in [2.75, 3.05) is 18.4 Å². The lowest BCUT2D eigenvalue weighted by Crippen LogP contribution is -2.29. The summed E-state index contributed by atoms with van der Waals surface area (Å²) >= 11 is 0. The van der Waals surface area contributed by atoms with Crippen LogP contribution >= 0.6 is 0 Å². The zero-order valence-electron chi connectivity index (χ0n) is 18.6. The van der Waals surface area contributed by atoms with Gasteiger partial charge in [-0.05, 0) is 61.6 Å². The number of hydrogen-bond donors (Lipinski definition) is 2. The van der Waals surface area contributed by atoms with E-state index < -0.39 is 0 Å². The Morgan fingerprint density at radius 2 is 1.67 bits per heavy atom. The number of amides is 1. The Balaban J connectivity index is 1.49. The van der Waals surface area contributed by atoms with E-state index in [0.717, 1.165) is 17.0 Å². The van der Waals surface area contributed by atoms with Crippen LogP contribution in [0.15, 0.2) is 36.4 Å². The number of nitrogens with zero attached hydrogens (tertiary/aromatic N) is 4. The number of benzene rings is 1. The topological polar surface area (TPSA) is 84.7 Å². The molecule has 1 aromatic carbocycles. The summed E-state index contributed by atoms with van der Waals surface area (Å²) in [5.41, 5.74) is 5.14. The summed E-state index contributed by atoms with van der Waals surface area (Å²) < 4.78 is 1.80. The van der Waals surface area contributed by atoms with Crippen molar-refractivity contribution >= 4 is 11.7 Å². The van der Waals surface area contributed by atoms with Crippen molar-refractivity contribution in [2.45, 2.75) is 47.0 Å². The molecule has 0 saturated heterocycles. The highest BCUT2D eigenvalue weighted by molar-refractivity contribution is 5.94. The highest BCUT2D eigenvalue weighted by atomic mass is 16.1. The molecule has 0 fully saturated rings. The molecule has 0 atom stereocenters. The molecule has 0 radical (unpaired) electrons. The minimum atomic E-state index is -0.0846. The second-order valence-electron chi connectivity index (χ2n) is 8.49. The fourth-order valence-electron chi connectivity index (χ4n) is 3.07. The zero-order chi connectivity index (χ0) is 21.9. The molecular formula is C23H30N6O. The van der Waals surface area contributed by atoms with Crippen LogP contribution < -0.4 is 10.6 Å². The maximum absolute atomic E-state index is 12.3. The number of carbonyl (C=O) groups is 1. The summed E-state index contributed by atoms with van der Waals surface area (Å²) in [5, 5.41) is 19.1. The molecule has 158 valence electrons. The lowest BCUT2D eigenvalue weighted by atomic mass is 9.87. The molecule has 0 aliphatic rings. The van der Waals surface area contributed by atoms with E-state index in [1.54, 1.807) is 4.68 Å². The van der Waals surface area contributed by atoms with E-state index in [1.165, 1.54) is 5.56 Å². The van der Waals surface area contributed by atoms with E-state index in [0.29, 0.717) is 30.3 Å². The number of anilines is 1. The third-order valence-electron chi connectivity index (χ3n) is 5.25. The van der Waals surface area contributed by atoms with Gasteiger partial charge in [0.05, 0.1) is 5.69 Å². The van der Waals surface area contributed by atoms with Crippen LogP contribution in [0.5, 0.6) is 0 Å². The van der Waals surface area contributed by atoms with Crippen LogP contribution in [0.2, 0.25) is 0 Å². The van der Waals surface area contributed by atoms with Gasteiger partial charge in [-0.15, -0.1) is 10.2 Å². The van der Waals surface area contributed by atoms with Crippen molar-refractivity contribution < 1.29 is 4.79 Å². The maximum Gasteiger partial charge on any atom is 0.251 e. The van der Waals surface area contributed by atoms with Gasteiger partial charge < -0.3 is 10.6 Å². The number of aryl methyl sites for hydroxylation is 1. The molecular weight excluding hydrogens is 376 g/mol. The SMILES string of the molecule is Cc1nn(-c2ccc(NCCNC(=O)c3ccc(C(C)(C)C)cc3)nn2)c(C)c1C. The molecule has 7 heteroatoms. The fraction of sp³-hybridized carbons (Fsp3) is 0.391. The lowest BCUT2D eigenvalue weighted by Gasteiger charge is -2.19. The van der Waals surface area contributed by atoms with Crippen molar-refractivity contribution in [1.29, 1.82) is 0 Å². The van der Waals surface area contributed by atoms with Crippen LogP contribution in [0.1, 0.15) is 53.6 Å². The number of hydrogen-bond acceptors (Lipinski definition) is 5. The highest BCUT2D eigenvalue weighted by Crippen LogP contribution is 2.22. The summed E-state index contributed by atoms with van der Waals surface area (Å²) in [4.78, 5) is 12.3. The Morgan fingerprint density at radius 1 is 0.967 bits per heavy atom. The summed E-state index contributed by atoms with van der Waals surface area (Å²) in [6.07, 6.45) is 0. The molecule has 0 spiro atoms. The average Bonchev–Trinajstić information content (AvgIpc) is 2.98. The minimum absolute atomic E-state index is 0.0727. The van der Waals surface area contributed by atoms with E-state index in [1.807, 2.05) is 57.2 Å². The predicted molar refractivity (Wildman–Crippen MR) is 119 cm³/mol. The van der Waals surface area contributed by atoms with Gasteiger partial charge in [-0.1, -0.05) is 32.9 Å². The summed E-state index contributed by atoms with van der Waals surface area (Å²) in [6.45, 7) is 13.5. The monoisotopic (exact) mass is 406 g/mol. The van der Waals surface area contributed by atoms with Gasteiger partial charge in [-0.3, -0.25) is 4.79 Å². The predicted octanol–water partition coefficient (Wildman–Crippen LogP) is 3.73. The first-order chi connectivity index (χ1) is 14.2. The molecule has 0 bridgehead atoms. The van der Waals surface area contributed by atoms with Gasteiger partial charge in [-0.2, -0.15) is 5.10 Å². The Morgan fingerprint density at radius 3 is 2.20 bits per heavy atom. The van der Waals surface area contributed by atoms with Gasteiger partial charge in [-0.25, -0.2) is 4.68 Å². The molecule has 2 heterocycles. The van der Waals surface area contributed by atoms with Crippen LogP contribution in [0.3, 0.4) is 0 Å². The molecule has 0 saturated carbocycles. The normalized spacial score (nSPS) is 11.4. The molecule has 2 aromatic heterocycles. The molecule has 2 N–H and O–H groups in total. The largest absolute Gasteiger partial charge is 0.367 e. The number of nitrogens with one attached hydrogen (secondary N) is 2. The van der Waals surface area contributed by atoms with Crippen LogP contribution in [0.4, 0.5) is 5.82 Å². The highest BCUT2D eigenvalue weighted by Gasteiger charge is 2.14. The van der Waals surface area contributed by atoms with Gasteiger partial charge in [0.25, 0.3) is 5.91 Å². The van der Waals surface area contributed by atoms with Crippen molar-refractivity contribution in [2.24, 2.45) is 0 Å². The molecule has 30 heavy (non-hydrogen) atoms. The molecule has 0 aliphatic carbocycles. The quantitative estimate of drug-likeness (QED) is 0.610. The van der Waals surface area contributed by atoms with E-state index in [2.05, 4.69) is 46.7 Å². The summed E-state index contributed by atoms with van der Waals surface area (Å²) in [7, 11) is 0. The third kappa shape index (κ3) is 4.84. The Bertz CT molecular complexity index is 1010. The van der Waals surface area contributed by atoms with Gasteiger partial charge in [0.2, 0.25) is 0 Å². The van der Waals surface area contributed by atoms with Crippen molar-refractivity contribution in [3.8, 4) is 5.82 Å². The minimum Gasteiger partial charge on any atom is -0.367 e. The second-order valence-corrected chi connectivity index (χ2v) is 8.49. The molecule has 3 aromatic rings. The fourth-order valence-corrected chi connectivity index (χ4v) is 3.07. The van der Waals surface area contributed by atoms with Crippen LogP contribution in [0, 0.1) is 20.8 Å². The first-order valence-corrected chi connectivity index (χ1v) is 10.2. The molecule has 3 rings (SSSR count). The number of aromatic nitrogens is 4. The lowest BCUT2D eigenvalue weighted by molar-refractivity contribution is 0.0955. The molecule has 0 aliphatic heterocycles. The maximum atomic E-state index is 12.3. The van der Waals surface area contributed by atoms with Crippen molar-refractivity contribution in [1.82, 2.24) is 25.3 Å². The van der Waals surface area contributed by atoms with Gasteiger partial charge in [0.15, 0.2) is 5.82 Å². The van der Waals surface area contributed by atoms with Crippen molar-refractivity contribution in [3.05, 3.63) is 64.5 Å². The van der Waals surface area contributed by atoms with Crippen LogP contribution in [0.25, 0.3) is 5.82 Å². The van der Waals surface area contributed by atoms with Crippen LogP contribution in [-0.4, -0.2) is 39.0 Å². The summed E-state index contributed by atoms with van der Waals surface area (Å²) in [6, 6.07) is 11.5. The van der Waals surface area contributed by atoms with Crippen molar-refractivity contribution in [3.63, 3.8) is 0 Å². The van der Waals surface area contributed by atoms with E-state index in [4.69, 9.17) is 0 Å².